The van der Waals surface area contributed by atoms with Gasteiger partial charge in [0.05, 0.1) is 5.56 Å². The summed E-state index contributed by atoms with van der Waals surface area (Å²) in [7, 11) is -10.7. The van der Waals surface area contributed by atoms with Crippen molar-refractivity contribution in [1.82, 2.24) is 0 Å². The Labute approximate surface area is 172 Å². The number of nitrogens with zero attached hydrogens (tertiary/aromatic N) is 1. The first-order valence-corrected chi connectivity index (χ1v) is 11.6. The van der Waals surface area contributed by atoms with E-state index in [-0.39, 0.29) is 5.54 Å². The van der Waals surface area contributed by atoms with E-state index in [1.807, 2.05) is 0 Å². The fourth-order valence-electron chi connectivity index (χ4n) is 4.13. The van der Waals surface area contributed by atoms with Crippen molar-refractivity contribution in [1.29, 1.82) is 0 Å². The number of halogens is 6. The SMILES string of the molecule is C=C1c2cccc3c2C(=[N+](Cc2ccccc2)C1(C)C)CCC3.F[P-](F)(F)(F)(F)F. The molecule has 0 bridgehead atoms. The van der Waals surface area contributed by atoms with Crippen molar-refractivity contribution in [2.24, 2.45) is 0 Å². The van der Waals surface area contributed by atoms with E-state index < -0.39 is 7.81 Å². The van der Waals surface area contributed by atoms with Gasteiger partial charge >= 0.3 is 33.0 Å². The zero-order chi connectivity index (χ0) is 22.4. The molecule has 164 valence electrons. The van der Waals surface area contributed by atoms with Crippen LogP contribution in [0.5, 0.6) is 0 Å². The van der Waals surface area contributed by atoms with Gasteiger partial charge in [0.2, 0.25) is 0 Å². The van der Waals surface area contributed by atoms with Crippen LogP contribution in [0.15, 0.2) is 55.1 Å². The molecule has 0 radical (unpaired) electrons. The fourth-order valence-corrected chi connectivity index (χ4v) is 4.13. The topological polar surface area (TPSA) is 3.01 Å². The van der Waals surface area contributed by atoms with Crippen LogP contribution in [0.2, 0.25) is 0 Å². The molecular formula is C22H24F6NP. The zero-order valence-electron chi connectivity index (χ0n) is 16.8. The number of hydrogen-bond donors (Lipinski definition) is 0. The summed E-state index contributed by atoms with van der Waals surface area (Å²) < 4.78 is 61.8. The molecular weight excluding hydrogens is 423 g/mol. The van der Waals surface area contributed by atoms with Gasteiger partial charge in [0.1, 0.15) is 0 Å². The first-order chi connectivity index (χ1) is 13.5. The van der Waals surface area contributed by atoms with Gasteiger partial charge in [-0.2, -0.15) is 0 Å². The molecule has 30 heavy (non-hydrogen) atoms. The summed E-state index contributed by atoms with van der Waals surface area (Å²) in [5, 5.41) is 0. The second-order valence-electron chi connectivity index (χ2n) is 8.21. The van der Waals surface area contributed by atoms with Crippen LogP contribution in [0.3, 0.4) is 0 Å². The Balaban J connectivity index is 0.000000318. The van der Waals surface area contributed by atoms with E-state index in [1.165, 1.54) is 52.8 Å². The quantitative estimate of drug-likeness (QED) is 0.248. The summed E-state index contributed by atoms with van der Waals surface area (Å²) in [6.07, 6.45) is 3.62. The van der Waals surface area contributed by atoms with E-state index >= 15 is 0 Å². The molecule has 0 amide bonds. The van der Waals surface area contributed by atoms with Gasteiger partial charge in [-0.3, -0.25) is 0 Å². The van der Waals surface area contributed by atoms with Crippen LogP contribution in [-0.2, 0) is 13.0 Å². The number of benzene rings is 2. The summed E-state index contributed by atoms with van der Waals surface area (Å²) in [4.78, 5) is 0. The molecule has 0 N–H and O–H groups in total. The van der Waals surface area contributed by atoms with Gasteiger partial charge in [0.25, 0.3) is 0 Å². The maximum absolute atomic E-state index is 10.7. The molecule has 1 aliphatic heterocycles. The minimum absolute atomic E-state index is 0.0475. The third-order valence-electron chi connectivity index (χ3n) is 5.55. The van der Waals surface area contributed by atoms with Crippen LogP contribution >= 0.6 is 7.81 Å². The zero-order valence-corrected chi connectivity index (χ0v) is 17.7. The molecule has 1 aliphatic carbocycles. The summed E-state index contributed by atoms with van der Waals surface area (Å²) >= 11 is 0. The Morgan fingerprint density at radius 2 is 1.50 bits per heavy atom. The number of hydrogen-bond acceptors (Lipinski definition) is 0. The number of aryl methyl sites for hydroxylation is 1. The molecule has 4 rings (SSSR count). The van der Waals surface area contributed by atoms with Gasteiger partial charge in [-0.15, -0.1) is 0 Å². The van der Waals surface area contributed by atoms with Crippen molar-refractivity contribution in [2.75, 3.05) is 0 Å². The first-order valence-electron chi connectivity index (χ1n) is 9.60. The molecule has 0 atom stereocenters. The van der Waals surface area contributed by atoms with Crippen LogP contribution in [0, 0.1) is 0 Å². The van der Waals surface area contributed by atoms with Crippen molar-refractivity contribution < 1.29 is 29.8 Å². The van der Waals surface area contributed by atoms with E-state index in [4.69, 9.17) is 0 Å². The Morgan fingerprint density at radius 1 is 0.900 bits per heavy atom. The average molecular weight is 447 g/mol. The Bertz CT molecular complexity index is 1010. The monoisotopic (exact) mass is 447 g/mol. The van der Waals surface area contributed by atoms with Crippen LogP contribution in [0.25, 0.3) is 5.57 Å². The molecule has 8 heteroatoms. The average Bonchev–Trinajstić information content (AvgIpc) is 2.62. The minimum atomic E-state index is -10.7. The molecule has 0 aromatic heterocycles. The van der Waals surface area contributed by atoms with Crippen molar-refractivity contribution in [3.8, 4) is 0 Å². The van der Waals surface area contributed by atoms with Crippen LogP contribution in [0.4, 0.5) is 25.2 Å². The van der Waals surface area contributed by atoms with Gasteiger partial charge in [0, 0.05) is 31.4 Å². The molecule has 2 aromatic rings. The fraction of sp³-hybridized carbons (Fsp3) is 0.318. The van der Waals surface area contributed by atoms with Crippen LogP contribution in [-0.4, -0.2) is 15.8 Å². The van der Waals surface area contributed by atoms with E-state index in [0.29, 0.717) is 0 Å². The van der Waals surface area contributed by atoms with Crippen LogP contribution in [0.1, 0.15) is 48.9 Å². The van der Waals surface area contributed by atoms with Crippen LogP contribution < -0.4 is 0 Å². The molecule has 2 aliphatic rings. The molecule has 0 unspecified atom stereocenters. The van der Waals surface area contributed by atoms with Crippen molar-refractivity contribution >= 4 is 19.1 Å². The molecule has 1 nitrogen and oxygen atoms in total. The predicted octanol–water partition coefficient (Wildman–Crippen LogP) is 8.21. The van der Waals surface area contributed by atoms with Gasteiger partial charge in [0.15, 0.2) is 17.8 Å². The Kier molecular flexibility index (Phi) is 5.02. The van der Waals surface area contributed by atoms with E-state index in [9.17, 15) is 25.2 Å². The second kappa shape index (κ2) is 6.68. The number of rotatable bonds is 2. The van der Waals surface area contributed by atoms with E-state index in [0.717, 1.165) is 6.54 Å². The maximum atomic E-state index is 9.87. The van der Waals surface area contributed by atoms with Gasteiger partial charge < -0.3 is 0 Å². The standard InChI is InChI=1S/C22H24N.F6P/c1-16-19-13-7-11-18-12-8-14-20(21(18)19)23(22(16,2)3)15-17-9-5-4-6-10-17;1-7(2,3,4,5)6/h4-7,9-11,13H,1,8,12,14-15H2,2-3H3;/q+1;-1. The van der Waals surface area contributed by atoms with E-state index in [2.05, 4.69) is 73.5 Å². The normalized spacial score (nSPS) is 19.8. The van der Waals surface area contributed by atoms with Gasteiger partial charge in [-0.25, -0.2) is 4.58 Å². The van der Waals surface area contributed by atoms with Crippen molar-refractivity contribution in [3.63, 3.8) is 0 Å². The van der Waals surface area contributed by atoms with Crippen molar-refractivity contribution in [3.05, 3.63) is 77.4 Å². The molecule has 2 aromatic carbocycles. The molecule has 0 fully saturated rings. The Hall–Kier alpha value is -2.14. The van der Waals surface area contributed by atoms with Gasteiger partial charge in [-0.05, 0) is 24.0 Å². The first kappa shape index (κ1) is 22.5. The van der Waals surface area contributed by atoms with E-state index in [1.54, 1.807) is 0 Å². The molecule has 0 spiro atoms. The molecule has 0 saturated carbocycles. The summed E-state index contributed by atoms with van der Waals surface area (Å²) in [5.41, 5.74) is 8.42. The van der Waals surface area contributed by atoms with Gasteiger partial charge in [-0.1, -0.05) is 55.1 Å². The third kappa shape index (κ3) is 5.51. The molecule has 0 saturated heterocycles. The summed E-state index contributed by atoms with van der Waals surface area (Å²) in [6, 6.07) is 17.6. The predicted molar refractivity (Wildman–Crippen MR) is 111 cm³/mol. The molecule has 1 heterocycles. The summed E-state index contributed by atoms with van der Waals surface area (Å²) in [6.45, 7) is 10.1. The summed E-state index contributed by atoms with van der Waals surface area (Å²) in [5.74, 6) is 0. The third-order valence-corrected chi connectivity index (χ3v) is 5.55. The van der Waals surface area contributed by atoms with Crippen molar-refractivity contribution in [2.45, 2.75) is 45.2 Å². The Morgan fingerprint density at radius 3 is 2.10 bits per heavy atom. The second-order valence-corrected chi connectivity index (χ2v) is 10.1.